The minimum Gasteiger partial charge on any atom is -0.327 e. The second kappa shape index (κ2) is 10.4. The van der Waals surface area contributed by atoms with Crippen LogP contribution < -0.4 is 5.73 Å². The Bertz CT molecular complexity index is 899. The Hall–Kier alpha value is -2.58. The van der Waals surface area contributed by atoms with Crippen LogP contribution in [0.5, 0.6) is 0 Å². The van der Waals surface area contributed by atoms with Gasteiger partial charge in [-0.25, -0.2) is 18.2 Å². The molecule has 2 aromatic carbocycles. The zero-order chi connectivity index (χ0) is 21.0. The molecule has 30 heavy (non-hydrogen) atoms. The van der Waals surface area contributed by atoms with Crippen molar-refractivity contribution in [3.63, 3.8) is 0 Å². The van der Waals surface area contributed by atoms with Crippen molar-refractivity contribution in [3.05, 3.63) is 71.0 Å². The molecule has 0 aromatic heterocycles. The smallest absolute Gasteiger partial charge is 0.272 e. The van der Waals surface area contributed by atoms with Gasteiger partial charge in [-0.3, -0.25) is 14.6 Å². The van der Waals surface area contributed by atoms with Crippen molar-refractivity contribution < 1.29 is 22.8 Å². The number of carbonyl (C=O) groups is 2. The van der Waals surface area contributed by atoms with E-state index in [2.05, 4.69) is 0 Å². The van der Waals surface area contributed by atoms with Crippen LogP contribution in [-0.2, 0) is 11.2 Å². The lowest BCUT2D eigenvalue weighted by Crippen LogP contribution is -2.54. The van der Waals surface area contributed by atoms with E-state index in [-0.39, 0.29) is 42.6 Å². The first-order valence-electron chi connectivity index (χ1n) is 9.43. The van der Waals surface area contributed by atoms with Crippen LogP contribution in [0.2, 0.25) is 0 Å². The highest BCUT2D eigenvalue weighted by Gasteiger charge is 2.30. The molecule has 2 N–H and O–H groups in total. The molecule has 0 bridgehead atoms. The molecule has 0 saturated carbocycles. The van der Waals surface area contributed by atoms with Gasteiger partial charge in [0.2, 0.25) is 5.91 Å². The van der Waals surface area contributed by atoms with Crippen LogP contribution in [0.3, 0.4) is 0 Å². The Kier molecular flexibility index (Phi) is 8.25. The lowest BCUT2D eigenvalue weighted by atomic mass is 10.0. The number of hydrazine groups is 1. The van der Waals surface area contributed by atoms with E-state index in [1.807, 2.05) is 0 Å². The first-order chi connectivity index (χ1) is 13.9. The molecule has 1 heterocycles. The molecule has 9 heteroatoms. The fourth-order valence-electron chi connectivity index (χ4n) is 3.37. The van der Waals surface area contributed by atoms with Gasteiger partial charge in [-0.1, -0.05) is 18.2 Å². The zero-order valence-electron chi connectivity index (χ0n) is 16.2. The first-order valence-corrected chi connectivity index (χ1v) is 9.43. The van der Waals surface area contributed by atoms with E-state index in [4.69, 9.17) is 5.73 Å². The van der Waals surface area contributed by atoms with Crippen LogP contribution in [0.1, 0.15) is 35.2 Å². The quantitative estimate of drug-likeness (QED) is 0.722. The number of amides is 2. The second-order valence-corrected chi connectivity index (χ2v) is 7.04. The van der Waals surface area contributed by atoms with E-state index in [9.17, 15) is 22.8 Å². The van der Waals surface area contributed by atoms with Crippen molar-refractivity contribution in [2.45, 2.75) is 31.7 Å². The van der Waals surface area contributed by atoms with Crippen LogP contribution in [0, 0.1) is 17.5 Å². The molecule has 1 fully saturated rings. The summed E-state index contributed by atoms with van der Waals surface area (Å²) in [6.45, 7) is 0.788. The van der Waals surface area contributed by atoms with Crippen molar-refractivity contribution in [2.24, 2.45) is 5.73 Å². The van der Waals surface area contributed by atoms with Crippen LogP contribution >= 0.6 is 12.4 Å². The number of rotatable bonds is 5. The van der Waals surface area contributed by atoms with Gasteiger partial charge < -0.3 is 5.73 Å². The summed E-state index contributed by atoms with van der Waals surface area (Å²) >= 11 is 0. The fraction of sp³-hybridized carbons (Fsp3) is 0.333. The van der Waals surface area contributed by atoms with E-state index < -0.39 is 23.5 Å². The molecular weight excluding hydrogens is 419 g/mol. The van der Waals surface area contributed by atoms with Gasteiger partial charge in [-0.15, -0.1) is 12.4 Å². The number of hydrogen-bond acceptors (Lipinski definition) is 3. The van der Waals surface area contributed by atoms with E-state index in [0.29, 0.717) is 24.7 Å². The summed E-state index contributed by atoms with van der Waals surface area (Å²) in [5, 5.41) is 2.78. The van der Waals surface area contributed by atoms with Gasteiger partial charge in [0.15, 0.2) is 11.6 Å². The van der Waals surface area contributed by atoms with E-state index >= 15 is 0 Å². The summed E-state index contributed by atoms with van der Waals surface area (Å²) in [4.78, 5) is 25.6. The maximum atomic E-state index is 13.8. The SMILES string of the molecule is Cl.N[C@@H](CC(=O)N1CCCCN1C(=O)c1ccccc1)Cc1cc(F)c(F)cc1F. The summed E-state index contributed by atoms with van der Waals surface area (Å²) in [6, 6.07) is 9.05. The number of halogens is 4. The Morgan fingerprint density at radius 1 is 0.933 bits per heavy atom. The minimum atomic E-state index is -1.28. The van der Waals surface area contributed by atoms with Crippen molar-refractivity contribution in [1.82, 2.24) is 10.0 Å². The van der Waals surface area contributed by atoms with Gasteiger partial charge in [-0.2, -0.15) is 0 Å². The second-order valence-electron chi connectivity index (χ2n) is 7.04. The monoisotopic (exact) mass is 441 g/mol. The molecule has 1 saturated heterocycles. The molecular formula is C21H23ClF3N3O2. The van der Waals surface area contributed by atoms with Crippen LogP contribution in [0.15, 0.2) is 42.5 Å². The average Bonchev–Trinajstić information content (AvgIpc) is 2.72. The Morgan fingerprint density at radius 2 is 1.53 bits per heavy atom. The first kappa shape index (κ1) is 23.7. The van der Waals surface area contributed by atoms with Gasteiger partial charge in [0.25, 0.3) is 5.91 Å². The predicted octanol–water partition coefficient (Wildman–Crippen LogP) is 3.47. The van der Waals surface area contributed by atoms with Crippen molar-refractivity contribution in [3.8, 4) is 0 Å². The van der Waals surface area contributed by atoms with E-state index in [0.717, 1.165) is 18.9 Å². The molecule has 1 aliphatic rings. The van der Waals surface area contributed by atoms with Gasteiger partial charge in [0, 0.05) is 37.2 Å². The molecule has 162 valence electrons. The van der Waals surface area contributed by atoms with Crippen LogP contribution in [0.25, 0.3) is 0 Å². The third kappa shape index (κ3) is 5.52. The van der Waals surface area contributed by atoms with E-state index in [1.54, 1.807) is 30.3 Å². The van der Waals surface area contributed by atoms with Gasteiger partial charge in [0.1, 0.15) is 5.82 Å². The summed E-state index contributed by atoms with van der Waals surface area (Å²) in [7, 11) is 0. The van der Waals surface area contributed by atoms with Crippen molar-refractivity contribution >= 4 is 24.2 Å². The topological polar surface area (TPSA) is 66.6 Å². The van der Waals surface area contributed by atoms with Gasteiger partial charge in [-0.05, 0) is 43.0 Å². The van der Waals surface area contributed by atoms with Gasteiger partial charge in [0.05, 0.1) is 0 Å². The average molecular weight is 442 g/mol. The Morgan fingerprint density at radius 3 is 2.20 bits per heavy atom. The normalized spacial score (nSPS) is 14.8. The molecule has 1 aliphatic heterocycles. The maximum Gasteiger partial charge on any atom is 0.272 e. The summed E-state index contributed by atoms with van der Waals surface area (Å²) in [6.07, 6.45) is 1.23. The Balaban J connectivity index is 0.00000320. The van der Waals surface area contributed by atoms with Crippen LogP contribution in [0.4, 0.5) is 13.2 Å². The zero-order valence-corrected chi connectivity index (χ0v) is 17.0. The van der Waals surface area contributed by atoms with Crippen LogP contribution in [-0.4, -0.2) is 41.0 Å². The summed E-state index contributed by atoms with van der Waals surface area (Å²) < 4.78 is 40.3. The number of carbonyl (C=O) groups excluding carboxylic acids is 2. The largest absolute Gasteiger partial charge is 0.327 e. The lowest BCUT2D eigenvalue weighted by molar-refractivity contribution is -0.148. The van der Waals surface area contributed by atoms with E-state index in [1.165, 1.54) is 10.0 Å². The van der Waals surface area contributed by atoms with Gasteiger partial charge >= 0.3 is 0 Å². The summed E-state index contributed by atoms with van der Waals surface area (Å²) in [5.74, 6) is -4.01. The lowest BCUT2D eigenvalue weighted by Gasteiger charge is -2.39. The molecule has 3 rings (SSSR count). The number of nitrogens with two attached hydrogens (primary N) is 1. The predicted molar refractivity (Wildman–Crippen MR) is 108 cm³/mol. The number of nitrogens with zero attached hydrogens (tertiary/aromatic N) is 2. The van der Waals surface area contributed by atoms with Crippen molar-refractivity contribution in [2.75, 3.05) is 13.1 Å². The third-order valence-electron chi connectivity index (χ3n) is 4.83. The molecule has 1 atom stereocenters. The molecule has 2 amide bonds. The minimum absolute atomic E-state index is 0. The highest BCUT2D eigenvalue weighted by molar-refractivity contribution is 5.95. The molecule has 0 unspecified atom stereocenters. The molecule has 5 nitrogen and oxygen atoms in total. The maximum absolute atomic E-state index is 13.8. The number of hydrogen-bond donors (Lipinski definition) is 1. The Labute approximate surface area is 179 Å². The third-order valence-corrected chi connectivity index (χ3v) is 4.83. The molecule has 2 aromatic rings. The number of benzene rings is 2. The molecule has 0 radical (unpaired) electrons. The molecule has 0 spiro atoms. The summed E-state index contributed by atoms with van der Waals surface area (Å²) in [5.41, 5.74) is 6.34. The standard InChI is InChI=1S/C21H22F3N3O2.ClH/c22-17-13-19(24)18(23)11-15(17)10-16(25)12-20(28)26-8-4-5-9-27(26)21(29)14-6-2-1-3-7-14;/h1-3,6-7,11,13,16H,4-5,8-10,12,25H2;1H/t16-;/m1./s1. The highest BCUT2D eigenvalue weighted by atomic mass is 35.5. The molecule has 0 aliphatic carbocycles. The highest BCUT2D eigenvalue weighted by Crippen LogP contribution is 2.19. The van der Waals surface area contributed by atoms with Crippen molar-refractivity contribution in [1.29, 1.82) is 0 Å². The fourth-order valence-corrected chi connectivity index (χ4v) is 3.37.